The van der Waals surface area contributed by atoms with Crippen LogP contribution in [0.2, 0.25) is 0 Å². The molecule has 0 spiro atoms. The summed E-state index contributed by atoms with van der Waals surface area (Å²) in [5, 5.41) is 2.88. The molecule has 4 heteroatoms. The van der Waals surface area contributed by atoms with Gasteiger partial charge in [-0.25, -0.2) is 0 Å². The summed E-state index contributed by atoms with van der Waals surface area (Å²) >= 11 is 0. The van der Waals surface area contributed by atoms with Gasteiger partial charge in [-0.1, -0.05) is 19.9 Å². The van der Waals surface area contributed by atoms with E-state index in [1.54, 1.807) is 13.2 Å². The van der Waals surface area contributed by atoms with Crippen LogP contribution >= 0.6 is 0 Å². The van der Waals surface area contributed by atoms with Gasteiger partial charge in [0, 0.05) is 18.2 Å². The molecule has 19 heavy (non-hydrogen) atoms. The minimum Gasteiger partial charge on any atom is -0.497 e. The lowest BCUT2D eigenvalue weighted by molar-refractivity contribution is -0.117. The Morgan fingerprint density at radius 2 is 2.16 bits per heavy atom. The second-order valence-electron chi connectivity index (χ2n) is 5.22. The number of hydrogen-bond acceptors (Lipinski definition) is 3. The normalized spacial score (nSPS) is 12.3. The maximum Gasteiger partial charge on any atom is 0.224 e. The minimum atomic E-state index is 0.00403. The lowest BCUT2D eigenvalue weighted by atomic mass is 9.94. The molecule has 106 valence electrons. The highest BCUT2D eigenvalue weighted by molar-refractivity contribution is 5.91. The van der Waals surface area contributed by atoms with Gasteiger partial charge < -0.3 is 15.8 Å². The maximum absolute atomic E-state index is 12.0. The number of anilines is 1. The summed E-state index contributed by atoms with van der Waals surface area (Å²) in [5.41, 5.74) is 6.46. The summed E-state index contributed by atoms with van der Waals surface area (Å²) in [6.45, 7) is 4.83. The Balaban J connectivity index is 2.53. The lowest BCUT2D eigenvalue weighted by Crippen LogP contribution is -2.23. The summed E-state index contributed by atoms with van der Waals surface area (Å²) in [7, 11) is 1.61. The zero-order valence-corrected chi connectivity index (χ0v) is 12.0. The van der Waals surface area contributed by atoms with Crippen molar-refractivity contribution in [1.82, 2.24) is 0 Å². The number of methoxy groups -OCH3 is 1. The van der Waals surface area contributed by atoms with Crippen molar-refractivity contribution in [3.8, 4) is 5.75 Å². The second-order valence-corrected chi connectivity index (χ2v) is 5.22. The molecule has 1 aromatic carbocycles. The summed E-state index contributed by atoms with van der Waals surface area (Å²) in [4.78, 5) is 12.0. The van der Waals surface area contributed by atoms with Gasteiger partial charge in [0.15, 0.2) is 0 Å². The summed E-state index contributed by atoms with van der Waals surface area (Å²) < 4.78 is 5.12. The molecule has 0 aromatic heterocycles. The van der Waals surface area contributed by atoms with Crippen LogP contribution in [0.5, 0.6) is 5.75 Å². The van der Waals surface area contributed by atoms with Crippen molar-refractivity contribution in [2.24, 2.45) is 17.6 Å². The first kappa shape index (κ1) is 15.5. The predicted octanol–water partition coefficient (Wildman–Crippen LogP) is 2.64. The van der Waals surface area contributed by atoms with E-state index in [1.807, 2.05) is 18.2 Å². The van der Waals surface area contributed by atoms with E-state index in [0.717, 1.165) is 17.9 Å². The largest absolute Gasteiger partial charge is 0.497 e. The van der Waals surface area contributed by atoms with Gasteiger partial charge in [0.2, 0.25) is 5.91 Å². The van der Waals surface area contributed by atoms with Gasteiger partial charge in [-0.2, -0.15) is 0 Å². The van der Waals surface area contributed by atoms with Crippen LogP contribution in [-0.2, 0) is 4.79 Å². The molecular weight excluding hydrogens is 240 g/mol. The van der Waals surface area contributed by atoms with Crippen LogP contribution in [0.15, 0.2) is 24.3 Å². The molecule has 1 amide bonds. The van der Waals surface area contributed by atoms with Gasteiger partial charge in [0.25, 0.3) is 0 Å². The number of benzene rings is 1. The fourth-order valence-corrected chi connectivity index (χ4v) is 2.10. The van der Waals surface area contributed by atoms with Crippen LogP contribution in [0.3, 0.4) is 0 Å². The number of hydrogen-bond donors (Lipinski definition) is 2. The van der Waals surface area contributed by atoms with Crippen LogP contribution in [0.4, 0.5) is 5.69 Å². The van der Waals surface area contributed by atoms with Crippen LogP contribution in [0.1, 0.15) is 26.7 Å². The third-order valence-corrected chi connectivity index (χ3v) is 2.97. The predicted molar refractivity (Wildman–Crippen MR) is 78.2 cm³/mol. The van der Waals surface area contributed by atoms with Crippen molar-refractivity contribution in [3.05, 3.63) is 24.3 Å². The van der Waals surface area contributed by atoms with Gasteiger partial charge in [-0.15, -0.1) is 0 Å². The Labute approximate surface area is 115 Å². The number of carbonyl (C=O) groups excluding carboxylic acids is 1. The Morgan fingerprint density at radius 3 is 2.74 bits per heavy atom. The fourth-order valence-electron chi connectivity index (χ4n) is 2.10. The van der Waals surface area contributed by atoms with E-state index < -0.39 is 0 Å². The lowest BCUT2D eigenvalue weighted by Gasteiger charge is -2.16. The van der Waals surface area contributed by atoms with Crippen molar-refractivity contribution >= 4 is 11.6 Å². The molecule has 0 fully saturated rings. The van der Waals surface area contributed by atoms with Crippen molar-refractivity contribution < 1.29 is 9.53 Å². The molecule has 0 heterocycles. The molecule has 3 N–H and O–H groups in total. The third kappa shape index (κ3) is 5.75. The number of nitrogens with one attached hydrogen (secondary N) is 1. The van der Waals surface area contributed by atoms with E-state index in [4.69, 9.17) is 10.5 Å². The second kappa shape index (κ2) is 7.79. The van der Waals surface area contributed by atoms with Gasteiger partial charge in [0.05, 0.1) is 7.11 Å². The molecule has 1 aromatic rings. The molecule has 0 saturated heterocycles. The van der Waals surface area contributed by atoms with Crippen LogP contribution < -0.4 is 15.8 Å². The van der Waals surface area contributed by atoms with E-state index in [9.17, 15) is 4.79 Å². The molecule has 1 unspecified atom stereocenters. The Kier molecular flexibility index (Phi) is 6.36. The maximum atomic E-state index is 12.0. The van der Waals surface area contributed by atoms with Gasteiger partial charge in [-0.05, 0) is 36.9 Å². The molecule has 0 aliphatic rings. The van der Waals surface area contributed by atoms with Crippen LogP contribution in [0, 0.1) is 11.8 Å². The topological polar surface area (TPSA) is 64.3 Å². The number of ether oxygens (including phenoxy) is 1. The van der Waals surface area contributed by atoms with Crippen LogP contribution in [0.25, 0.3) is 0 Å². The first-order chi connectivity index (χ1) is 9.05. The van der Waals surface area contributed by atoms with Gasteiger partial charge in [-0.3, -0.25) is 4.79 Å². The standard InChI is InChI=1S/C15H24N2O2/c1-11(2)7-12(10-16)8-15(18)17-13-5-4-6-14(9-13)19-3/h4-6,9,11-12H,7-8,10,16H2,1-3H3,(H,17,18). The van der Waals surface area contributed by atoms with Crippen molar-refractivity contribution in [1.29, 1.82) is 0 Å². The molecule has 4 nitrogen and oxygen atoms in total. The zero-order valence-electron chi connectivity index (χ0n) is 12.0. The molecule has 0 saturated carbocycles. The van der Waals surface area contributed by atoms with Gasteiger partial charge in [0.1, 0.15) is 5.75 Å². The first-order valence-electron chi connectivity index (χ1n) is 6.69. The molecule has 0 bridgehead atoms. The highest BCUT2D eigenvalue weighted by atomic mass is 16.5. The zero-order chi connectivity index (χ0) is 14.3. The van der Waals surface area contributed by atoms with Gasteiger partial charge >= 0.3 is 0 Å². The Hall–Kier alpha value is -1.55. The summed E-state index contributed by atoms with van der Waals surface area (Å²) in [5.74, 6) is 1.53. The van der Waals surface area contributed by atoms with E-state index in [2.05, 4.69) is 19.2 Å². The number of carbonyl (C=O) groups is 1. The Bertz CT molecular complexity index is 405. The van der Waals surface area contributed by atoms with E-state index in [-0.39, 0.29) is 11.8 Å². The highest BCUT2D eigenvalue weighted by Crippen LogP contribution is 2.19. The fraction of sp³-hybridized carbons (Fsp3) is 0.533. The van der Waals surface area contributed by atoms with Crippen LogP contribution in [-0.4, -0.2) is 19.6 Å². The molecule has 1 rings (SSSR count). The third-order valence-electron chi connectivity index (χ3n) is 2.97. The number of amides is 1. The average Bonchev–Trinajstić information content (AvgIpc) is 2.37. The molecule has 0 aliphatic heterocycles. The molecule has 0 aliphatic carbocycles. The number of nitrogens with two attached hydrogens (primary N) is 1. The minimum absolute atomic E-state index is 0.00403. The smallest absolute Gasteiger partial charge is 0.224 e. The van der Waals surface area contributed by atoms with Crippen molar-refractivity contribution in [2.45, 2.75) is 26.7 Å². The SMILES string of the molecule is COc1cccc(NC(=O)CC(CN)CC(C)C)c1. The Morgan fingerprint density at radius 1 is 1.42 bits per heavy atom. The quantitative estimate of drug-likeness (QED) is 0.795. The number of rotatable bonds is 7. The average molecular weight is 264 g/mol. The van der Waals surface area contributed by atoms with E-state index >= 15 is 0 Å². The summed E-state index contributed by atoms with van der Waals surface area (Å²) in [6, 6.07) is 7.35. The van der Waals surface area contributed by atoms with Crippen molar-refractivity contribution in [2.75, 3.05) is 19.0 Å². The van der Waals surface area contributed by atoms with Crippen molar-refractivity contribution in [3.63, 3.8) is 0 Å². The molecule has 1 atom stereocenters. The van der Waals surface area contributed by atoms with E-state index in [1.165, 1.54) is 0 Å². The monoisotopic (exact) mass is 264 g/mol. The highest BCUT2D eigenvalue weighted by Gasteiger charge is 2.14. The molecule has 0 radical (unpaired) electrons. The first-order valence-corrected chi connectivity index (χ1v) is 6.69. The van der Waals surface area contributed by atoms with E-state index in [0.29, 0.717) is 18.9 Å². The molecular formula is C15H24N2O2. The summed E-state index contributed by atoms with van der Waals surface area (Å²) in [6.07, 6.45) is 1.44.